The molecule has 1 N–H and O–H groups in total. The maximum atomic E-state index is 15.0. The van der Waals surface area contributed by atoms with E-state index in [0.717, 1.165) is 50.3 Å². The van der Waals surface area contributed by atoms with Crippen molar-refractivity contribution >= 4 is 23.1 Å². The van der Waals surface area contributed by atoms with Gasteiger partial charge >= 0.3 is 0 Å². The lowest BCUT2D eigenvalue weighted by Gasteiger charge is -2.32. The van der Waals surface area contributed by atoms with Crippen LogP contribution in [0.3, 0.4) is 0 Å². The van der Waals surface area contributed by atoms with E-state index in [4.69, 9.17) is 4.98 Å². The van der Waals surface area contributed by atoms with Crippen LogP contribution in [-0.4, -0.2) is 70.1 Å². The number of anilines is 2. The number of aromatic nitrogens is 3. The number of likely N-dealkylation sites (N-methyl/N-ethyl adjacent to an activating group) is 1. The van der Waals surface area contributed by atoms with Gasteiger partial charge in [0, 0.05) is 51.0 Å². The van der Waals surface area contributed by atoms with Crippen LogP contribution in [0.2, 0.25) is 0 Å². The number of nitrogens with zero attached hydrogens (tertiary/aromatic N) is 6. The van der Waals surface area contributed by atoms with Gasteiger partial charge in [-0.2, -0.15) is 5.10 Å². The number of amides is 1. The van der Waals surface area contributed by atoms with Crippen molar-refractivity contribution in [2.24, 2.45) is 0 Å². The molecule has 2 saturated heterocycles. The van der Waals surface area contributed by atoms with Crippen LogP contribution in [-0.2, 0) is 6.54 Å². The summed E-state index contributed by atoms with van der Waals surface area (Å²) >= 11 is 0. The molecule has 1 amide bonds. The molecule has 0 aliphatic carbocycles. The number of halogens is 3. The first-order chi connectivity index (χ1) is 19.4. The molecule has 1 unspecified atom stereocenters. The monoisotopic (exact) mass is 549 g/mol. The molecule has 11 heteroatoms. The molecule has 2 aromatic heterocycles. The first-order valence-electron chi connectivity index (χ1n) is 13.4. The largest absolute Gasteiger partial charge is 0.349 e. The van der Waals surface area contributed by atoms with Crippen molar-refractivity contribution in [2.45, 2.75) is 25.4 Å². The van der Waals surface area contributed by atoms with Gasteiger partial charge in [-0.15, -0.1) is 0 Å². The molecule has 2 fully saturated rings. The fraction of sp³-hybridized carbons (Fsp3) is 0.345. The van der Waals surface area contributed by atoms with Gasteiger partial charge in [-0.25, -0.2) is 22.7 Å². The fourth-order valence-electron chi connectivity index (χ4n) is 5.54. The number of fused-ring (bicyclic) bond motifs is 1. The molecule has 0 spiro atoms. The van der Waals surface area contributed by atoms with Crippen LogP contribution in [0.15, 0.2) is 54.9 Å². The predicted octanol–water partition coefficient (Wildman–Crippen LogP) is 4.49. The number of rotatable bonds is 6. The molecule has 1 atom stereocenters. The topological polar surface area (TPSA) is 69.0 Å². The molecule has 8 nitrogen and oxygen atoms in total. The first kappa shape index (κ1) is 26.3. The molecule has 40 heavy (non-hydrogen) atoms. The molecule has 2 aliphatic heterocycles. The summed E-state index contributed by atoms with van der Waals surface area (Å²) in [6.45, 7) is 5.02. The van der Waals surface area contributed by atoms with Gasteiger partial charge < -0.3 is 15.1 Å². The minimum absolute atomic E-state index is 0.0705. The zero-order chi connectivity index (χ0) is 27.8. The number of carbonyl (C=O) groups is 1. The Hall–Kier alpha value is -3.96. The molecule has 0 radical (unpaired) electrons. The Morgan fingerprint density at radius 2 is 1.82 bits per heavy atom. The molecule has 208 valence electrons. The summed E-state index contributed by atoms with van der Waals surface area (Å²) in [6, 6.07) is 9.55. The van der Waals surface area contributed by atoms with E-state index in [1.807, 2.05) is 4.90 Å². The number of carbonyl (C=O) groups excluding carboxylic acids is 1. The lowest BCUT2D eigenvalue weighted by atomic mass is 10.0. The Morgan fingerprint density at radius 3 is 2.62 bits per heavy atom. The van der Waals surface area contributed by atoms with E-state index in [0.29, 0.717) is 36.7 Å². The lowest BCUT2D eigenvalue weighted by Crippen LogP contribution is -2.43. The summed E-state index contributed by atoms with van der Waals surface area (Å²) in [5, 5.41) is 6.99. The van der Waals surface area contributed by atoms with Crippen molar-refractivity contribution in [1.29, 1.82) is 0 Å². The second-order valence-electron chi connectivity index (χ2n) is 10.5. The standard InChI is InChI=1S/C29H30F3N7O/c1-36-11-13-37(14-12-36)18-19-4-6-21(24(32)15-19)29(40)34-25-17-33-39-10-8-27(35-28(25)39)38-9-2-3-26(38)22-16-20(30)5-7-23(22)31/h4-8,10,15-17,26H,2-3,9,11-14,18H2,1H3,(H,34,40). The second kappa shape index (κ2) is 10.9. The minimum Gasteiger partial charge on any atom is -0.349 e. The van der Waals surface area contributed by atoms with Gasteiger partial charge in [0.1, 0.15) is 29.0 Å². The van der Waals surface area contributed by atoms with Gasteiger partial charge in [0.25, 0.3) is 5.91 Å². The molecule has 0 saturated carbocycles. The highest BCUT2D eigenvalue weighted by Crippen LogP contribution is 2.37. The van der Waals surface area contributed by atoms with Gasteiger partial charge in [-0.3, -0.25) is 9.69 Å². The molecule has 6 rings (SSSR count). The maximum absolute atomic E-state index is 15.0. The van der Waals surface area contributed by atoms with Crippen LogP contribution < -0.4 is 10.2 Å². The fourth-order valence-corrected chi connectivity index (χ4v) is 5.54. The second-order valence-corrected chi connectivity index (χ2v) is 10.5. The Labute approximate surface area is 230 Å². The third kappa shape index (κ3) is 5.26. The van der Waals surface area contributed by atoms with E-state index in [1.165, 1.54) is 28.9 Å². The lowest BCUT2D eigenvalue weighted by molar-refractivity contribution is 0.102. The van der Waals surface area contributed by atoms with Crippen LogP contribution >= 0.6 is 0 Å². The summed E-state index contributed by atoms with van der Waals surface area (Å²) in [6.07, 6.45) is 4.59. The number of nitrogens with one attached hydrogen (secondary N) is 1. The van der Waals surface area contributed by atoms with Gasteiger partial charge in [0.05, 0.1) is 17.8 Å². The number of benzene rings is 2. The van der Waals surface area contributed by atoms with E-state index in [2.05, 4.69) is 27.3 Å². The number of piperazine rings is 1. The molecule has 4 aromatic rings. The highest BCUT2D eigenvalue weighted by molar-refractivity contribution is 6.06. The van der Waals surface area contributed by atoms with Crippen molar-refractivity contribution in [3.63, 3.8) is 0 Å². The number of hydrogen-bond acceptors (Lipinski definition) is 6. The normalized spacial score (nSPS) is 18.5. The molecule has 2 aromatic carbocycles. The van der Waals surface area contributed by atoms with Gasteiger partial charge in [-0.05, 0) is 61.9 Å². The zero-order valence-corrected chi connectivity index (χ0v) is 22.2. The Morgan fingerprint density at radius 1 is 1.00 bits per heavy atom. The average molecular weight is 550 g/mol. The Balaban J connectivity index is 1.20. The Bertz CT molecular complexity index is 1550. The van der Waals surface area contributed by atoms with Crippen LogP contribution in [0.1, 0.15) is 40.4 Å². The first-order valence-corrected chi connectivity index (χ1v) is 13.4. The Kier molecular flexibility index (Phi) is 7.16. The molecule has 2 aliphatic rings. The molecule has 0 bridgehead atoms. The quantitative estimate of drug-likeness (QED) is 0.383. The molecular formula is C29H30F3N7O. The van der Waals surface area contributed by atoms with Crippen LogP contribution in [0.4, 0.5) is 24.7 Å². The van der Waals surface area contributed by atoms with Crippen molar-refractivity contribution in [2.75, 3.05) is 50.0 Å². The third-order valence-electron chi connectivity index (χ3n) is 7.75. The van der Waals surface area contributed by atoms with E-state index in [9.17, 15) is 13.6 Å². The van der Waals surface area contributed by atoms with E-state index < -0.39 is 23.4 Å². The zero-order valence-electron chi connectivity index (χ0n) is 22.2. The SMILES string of the molecule is CN1CCN(Cc2ccc(C(=O)Nc3cnn4ccc(N5CCCC5c5cc(F)ccc5F)nc34)c(F)c2)CC1. The molecular weight excluding hydrogens is 519 g/mol. The smallest absolute Gasteiger partial charge is 0.258 e. The van der Waals surface area contributed by atoms with Crippen LogP contribution in [0, 0.1) is 17.5 Å². The molecule has 4 heterocycles. The third-order valence-corrected chi connectivity index (χ3v) is 7.75. The highest BCUT2D eigenvalue weighted by Gasteiger charge is 2.30. The van der Waals surface area contributed by atoms with Crippen molar-refractivity contribution in [3.05, 3.63) is 89.0 Å². The maximum Gasteiger partial charge on any atom is 0.258 e. The average Bonchev–Trinajstić information content (AvgIpc) is 3.58. The summed E-state index contributed by atoms with van der Waals surface area (Å²) in [7, 11) is 2.09. The van der Waals surface area contributed by atoms with Crippen molar-refractivity contribution in [3.8, 4) is 0 Å². The van der Waals surface area contributed by atoms with E-state index >= 15 is 4.39 Å². The summed E-state index contributed by atoms with van der Waals surface area (Å²) < 4.78 is 45.0. The van der Waals surface area contributed by atoms with Gasteiger partial charge in [0.2, 0.25) is 0 Å². The summed E-state index contributed by atoms with van der Waals surface area (Å²) in [5.41, 5.74) is 1.71. The summed E-state index contributed by atoms with van der Waals surface area (Å²) in [4.78, 5) is 24.2. The minimum atomic E-state index is -0.605. The highest BCUT2D eigenvalue weighted by atomic mass is 19.1. The van der Waals surface area contributed by atoms with E-state index in [1.54, 1.807) is 18.3 Å². The van der Waals surface area contributed by atoms with Crippen LogP contribution in [0.25, 0.3) is 5.65 Å². The van der Waals surface area contributed by atoms with Gasteiger partial charge in [-0.1, -0.05) is 6.07 Å². The van der Waals surface area contributed by atoms with E-state index in [-0.39, 0.29) is 17.2 Å². The predicted molar refractivity (Wildman–Crippen MR) is 146 cm³/mol. The summed E-state index contributed by atoms with van der Waals surface area (Å²) in [5.74, 6) is -1.60. The van der Waals surface area contributed by atoms with Crippen molar-refractivity contribution < 1.29 is 18.0 Å². The van der Waals surface area contributed by atoms with Crippen molar-refractivity contribution in [1.82, 2.24) is 24.4 Å². The van der Waals surface area contributed by atoms with Gasteiger partial charge in [0.15, 0.2) is 5.65 Å². The van der Waals surface area contributed by atoms with Crippen LogP contribution in [0.5, 0.6) is 0 Å². The number of hydrogen-bond donors (Lipinski definition) is 1.